The zero-order chi connectivity index (χ0) is 14.7. The van der Waals surface area contributed by atoms with Crippen molar-refractivity contribution in [2.45, 2.75) is 54.4 Å². The third-order valence-corrected chi connectivity index (χ3v) is 2.12. The maximum atomic E-state index is 4.55. The number of nitrogens with zero attached hydrogens (tertiary/aromatic N) is 2. The van der Waals surface area contributed by atoms with Gasteiger partial charge in [-0.2, -0.15) is 0 Å². The molecule has 0 saturated heterocycles. The van der Waals surface area contributed by atoms with Crippen molar-refractivity contribution in [2.24, 2.45) is 5.92 Å². The van der Waals surface area contributed by atoms with Crippen LogP contribution in [0.3, 0.4) is 0 Å². The second kappa shape index (κ2) is 10.5. The van der Waals surface area contributed by atoms with Crippen molar-refractivity contribution in [2.75, 3.05) is 0 Å². The predicted molar refractivity (Wildman–Crippen MR) is 85.4 cm³/mol. The highest BCUT2D eigenvalue weighted by Gasteiger charge is 2.01. The lowest BCUT2D eigenvalue weighted by Gasteiger charge is -2.04. The van der Waals surface area contributed by atoms with E-state index in [-0.39, 0.29) is 0 Å². The molecule has 0 aliphatic heterocycles. The summed E-state index contributed by atoms with van der Waals surface area (Å²) in [6.07, 6.45) is 4.13. The number of rotatable bonds is 2. The average molecular weight is 260 g/mol. The molecule has 0 bridgehead atoms. The molecule has 0 unspecified atom stereocenters. The van der Waals surface area contributed by atoms with Crippen LogP contribution in [0.4, 0.5) is 0 Å². The predicted octanol–water partition coefficient (Wildman–Crippen LogP) is 5.27. The Morgan fingerprint density at radius 2 is 1.53 bits per heavy atom. The van der Waals surface area contributed by atoms with Crippen LogP contribution in [0.1, 0.15) is 53.7 Å². The van der Waals surface area contributed by atoms with Gasteiger partial charge in [0.25, 0.3) is 0 Å². The van der Waals surface area contributed by atoms with E-state index in [0.29, 0.717) is 5.92 Å². The molecule has 2 rings (SSSR count). The third-order valence-electron chi connectivity index (χ3n) is 2.12. The fraction of sp³-hybridized carbons (Fsp3) is 0.529. The number of fused-ring (bicyclic) bond motifs is 1. The summed E-state index contributed by atoms with van der Waals surface area (Å²) in [7, 11) is 0. The monoisotopic (exact) mass is 260 g/mol. The molecule has 0 N–H and O–H groups in total. The summed E-state index contributed by atoms with van der Waals surface area (Å²) < 4.78 is 0. The van der Waals surface area contributed by atoms with Gasteiger partial charge in [-0.05, 0) is 24.5 Å². The first-order chi connectivity index (χ1) is 9.17. The van der Waals surface area contributed by atoms with Crippen molar-refractivity contribution >= 4 is 11.0 Å². The highest BCUT2D eigenvalue weighted by atomic mass is 14.8. The van der Waals surface area contributed by atoms with E-state index in [1.807, 2.05) is 44.3 Å². The molecule has 2 aromatic rings. The van der Waals surface area contributed by atoms with Gasteiger partial charge in [-0.15, -0.1) is 0 Å². The Labute approximate surface area is 118 Å². The van der Waals surface area contributed by atoms with Gasteiger partial charge in [0, 0.05) is 6.20 Å². The molecule has 0 spiro atoms. The lowest BCUT2D eigenvalue weighted by molar-refractivity contribution is 0.635. The van der Waals surface area contributed by atoms with E-state index in [9.17, 15) is 0 Å². The van der Waals surface area contributed by atoms with Gasteiger partial charge in [0.05, 0.1) is 16.7 Å². The quantitative estimate of drug-likeness (QED) is 0.735. The normalized spacial score (nSPS) is 9.42. The van der Waals surface area contributed by atoms with Crippen LogP contribution in [0.2, 0.25) is 0 Å². The van der Waals surface area contributed by atoms with Gasteiger partial charge in [0.15, 0.2) is 0 Å². The lowest BCUT2D eigenvalue weighted by Crippen LogP contribution is -1.98. The zero-order valence-corrected chi connectivity index (χ0v) is 13.3. The summed E-state index contributed by atoms with van der Waals surface area (Å²) in [5, 5.41) is 0. The van der Waals surface area contributed by atoms with Crippen LogP contribution in [0, 0.1) is 5.92 Å². The number of hydrogen-bond acceptors (Lipinski definition) is 2. The number of para-hydroxylation sites is 2. The average Bonchev–Trinajstić information content (AvgIpc) is 2.41. The molecule has 1 heterocycles. The highest BCUT2D eigenvalue weighted by molar-refractivity contribution is 5.73. The minimum Gasteiger partial charge on any atom is -0.253 e. The molecule has 1 aromatic heterocycles. The van der Waals surface area contributed by atoms with Gasteiger partial charge in [0.2, 0.25) is 0 Å². The first-order valence-electron chi connectivity index (χ1n) is 7.38. The van der Waals surface area contributed by atoms with E-state index in [1.165, 1.54) is 6.42 Å². The molecule has 2 nitrogen and oxygen atoms in total. The molecule has 0 saturated carbocycles. The van der Waals surface area contributed by atoms with Crippen LogP contribution < -0.4 is 0 Å². The SMILES string of the molecule is CC.CC(C)Cc1cnc2ccccc2n1.CCC. The highest BCUT2D eigenvalue weighted by Crippen LogP contribution is 2.10. The van der Waals surface area contributed by atoms with Gasteiger partial charge in [-0.1, -0.05) is 60.1 Å². The summed E-state index contributed by atoms with van der Waals surface area (Å²) in [4.78, 5) is 8.92. The van der Waals surface area contributed by atoms with E-state index in [2.05, 4.69) is 37.7 Å². The zero-order valence-electron chi connectivity index (χ0n) is 13.3. The van der Waals surface area contributed by atoms with Crippen LogP contribution in [0.25, 0.3) is 11.0 Å². The molecule has 106 valence electrons. The molecule has 0 fully saturated rings. The van der Waals surface area contributed by atoms with Crippen molar-refractivity contribution in [3.63, 3.8) is 0 Å². The maximum Gasteiger partial charge on any atom is 0.0890 e. The Morgan fingerprint density at radius 1 is 1.00 bits per heavy atom. The van der Waals surface area contributed by atoms with Crippen molar-refractivity contribution in [3.05, 3.63) is 36.2 Å². The molecular weight excluding hydrogens is 232 g/mol. The molecule has 0 aliphatic rings. The van der Waals surface area contributed by atoms with Crippen molar-refractivity contribution in [3.8, 4) is 0 Å². The third kappa shape index (κ3) is 6.90. The van der Waals surface area contributed by atoms with Crippen LogP contribution in [-0.2, 0) is 6.42 Å². The molecule has 19 heavy (non-hydrogen) atoms. The topological polar surface area (TPSA) is 25.8 Å². The molecule has 0 aliphatic carbocycles. The minimum atomic E-state index is 0.630. The van der Waals surface area contributed by atoms with Gasteiger partial charge in [-0.3, -0.25) is 4.98 Å². The van der Waals surface area contributed by atoms with Gasteiger partial charge in [0.1, 0.15) is 0 Å². The van der Waals surface area contributed by atoms with Gasteiger partial charge in [-0.25, -0.2) is 4.98 Å². The van der Waals surface area contributed by atoms with Crippen molar-refractivity contribution in [1.29, 1.82) is 0 Å². The summed E-state index contributed by atoms with van der Waals surface area (Å²) in [6, 6.07) is 7.98. The Balaban J connectivity index is 0.000000573. The Morgan fingerprint density at radius 3 is 2.05 bits per heavy atom. The summed E-state index contributed by atoms with van der Waals surface area (Å²) in [5.41, 5.74) is 3.05. The molecule has 0 atom stereocenters. The summed E-state index contributed by atoms with van der Waals surface area (Å²) in [5.74, 6) is 0.630. The van der Waals surface area contributed by atoms with E-state index in [0.717, 1.165) is 23.1 Å². The Hall–Kier alpha value is -1.44. The van der Waals surface area contributed by atoms with Crippen LogP contribution in [0.5, 0.6) is 0 Å². The Bertz CT molecular complexity index is 450. The summed E-state index contributed by atoms with van der Waals surface area (Å²) >= 11 is 0. The molecule has 1 aromatic carbocycles. The fourth-order valence-corrected chi connectivity index (χ4v) is 1.51. The second-order valence-corrected chi connectivity index (χ2v) is 4.66. The second-order valence-electron chi connectivity index (χ2n) is 4.66. The number of benzene rings is 1. The van der Waals surface area contributed by atoms with Crippen LogP contribution >= 0.6 is 0 Å². The van der Waals surface area contributed by atoms with E-state index in [1.54, 1.807) is 0 Å². The van der Waals surface area contributed by atoms with Crippen molar-refractivity contribution in [1.82, 2.24) is 9.97 Å². The first-order valence-corrected chi connectivity index (χ1v) is 7.38. The number of aromatic nitrogens is 2. The summed E-state index contributed by atoms with van der Waals surface area (Å²) in [6.45, 7) is 12.6. The van der Waals surface area contributed by atoms with E-state index in [4.69, 9.17) is 0 Å². The van der Waals surface area contributed by atoms with Crippen LogP contribution in [0.15, 0.2) is 30.5 Å². The molecular formula is C17H28N2. The molecule has 2 heteroatoms. The first kappa shape index (κ1) is 17.6. The largest absolute Gasteiger partial charge is 0.253 e. The molecule has 0 radical (unpaired) electrons. The standard InChI is InChI=1S/C12H14N2.C3H8.C2H6/c1-9(2)7-10-8-13-11-5-3-4-6-12(11)14-10;1-3-2;1-2/h3-6,8-9H,7H2,1-2H3;3H2,1-2H3;1-2H3. The van der Waals surface area contributed by atoms with E-state index < -0.39 is 0 Å². The Kier molecular flexibility index (Phi) is 9.69. The van der Waals surface area contributed by atoms with Crippen molar-refractivity contribution < 1.29 is 0 Å². The minimum absolute atomic E-state index is 0.630. The lowest BCUT2D eigenvalue weighted by atomic mass is 10.1. The smallest absolute Gasteiger partial charge is 0.0890 e. The molecule has 0 amide bonds. The van der Waals surface area contributed by atoms with Gasteiger partial charge < -0.3 is 0 Å². The van der Waals surface area contributed by atoms with E-state index >= 15 is 0 Å². The van der Waals surface area contributed by atoms with Crippen LogP contribution in [-0.4, -0.2) is 9.97 Å². The van der Waals surface area contributed by atoms with Gasteiger partial charge >= 0.3 is 0 Å². The fourth-order valence-electron chi connectivity index (χ4n) is 1.51. The number of hydrogen-bond donors (Lipinski definition) is 0. The maximum absolute atomic E-state index is 4.55.